The van der Waals surface area contributed by atoms with Gasteiger partial charge in [0.1, 0.15) is 11.4 Å². The minimum absolute atomic E-state index is 0.0273. The number of anilines is 1. The van der Waals surface area contributed by atoms with Crippen LogP contribution in [0.5, 0.6) is 5.75 Å². The van der Waals surface area contributed by atoms with E-state index in [2.05, 4.69) is 9.88 Å². The molecule has 0 aliphatic carbocycles. The van der Waals surface area contributed by atoms with Crippen LogP contribution in [0.3, 0.4) is 0 Å². The number of hydrogen-bond acceptors (Lipinski definition) is 8. The zero-order valence-corrected chi connectivity index (χ0v) is 25.3. The highest BCUT2D eigenvalue weighted by Gasteiger charge is 2.30. The minimum Gasteiger partial charge on any atom is -0.497 e. The Balaban J connectivity index is 1.39. The highest BCUT2D eigenvalue weighted by atomic mass is 35.5. The first-order chi connectivity index (χ1) is 20.8. The molecule has 1 N–H and O–H groups in total. The summed E-state index contributed by atoms with van der Waals surface area (Å²) in [7, 11) is 1.58. The number of rotatable bonds is 10. The smallest absolute Gasteiger partial charge is 0.355 e. The lowest BCUT2D eigenvalue weighted by atomic mass is 10.0. The molecule has 1 aliphatic heterocycles. The summed E-state index contributed by atoms with van der Waals surface area (Å²) in [5, 5.41) is 11.8. The van der Waals surface area contributed by atoms with Gasteiger partial charge in [-0.1, -0.05) is 29.8 Å². The largest absolute Gasteiger partial charge is 0.497 e. The maximum Gasteiger partial charge on any atom is 0.355 e. The number of esters is 1. The van der Waals surface area contributed by atoms with Crippen LogP contribution in [0, 0.1) is 10.1 Å². The number of nitrogens with zero attached hydrogens (tertiary/aromatic N) is 3. The number of thioether (sulfide) groups is 1. The van der Waals surface area contributed by atoms with Crippen molar-refractivity contribution in [1.82, 2.24) is 9.88 Å². The average Bonchev–Trinajstić information content (AvgIpc) is 3.41. The van der Waals surface area contributed by atoms with Crippen molar-refractivity contribution in [3.05, 3.63) is 98.7 Å². The number of halogens is 1. The van der Waals surface area contributed by atoms with Crippen LogP contribution in [0.2, 0.25) is 5.02 Å². The molecule has 0 saturated carbocycles. The number of piperazine rings is 1. The molecule has 2 heterocycles. The number of hydrogen-bond donors (Lipinski definition) is 1. The van der Waals surface area contributed by atoms with Crippen molar-refractivity contribution in [3.8, 4) is 5.75 Å². The molecule has 1 saturated heterocycles. The van der Waals surface area contributed by atoms with E-state index in [0.29, 0.717) is 48.2 Å². The predicted molar refractivity (Wildman–Crippen MR) is 168 cm³/mol. The third kappa shape index (κ3) is 6.57. The average molecular weight is 623 g/mol. The molecular weight excluding hydrogens is 592 g/mol. The first-order valence-electron chi connectivity index (χ1n) is 13.8. The fraction of sp³-hybridized carbons (Fsp3) is 0.290. The number of fused-ring (bicyclic) bond motifs is 1. The van der Waals surface area contributed by atoms with Gasteiger partial charge in [0.25, 0.3) is 5.69 Å². The topological polar surface area (TPSA) is 118 Å². The Hall–Kier alpha value is -4.22. The van der Waals surface area contributed by atoms with Crippen LogP contribution in [0.4, 0.5) is 11.4 Å². The molecule has 1 amide bonds. The first-order valence-corrected chi connectivity index (χ1v) is 15.2. The number of nitrogens with one attached hydrogen (secondary N) is 1. The summed E-state index contributed by atoms with van der Waals surface area (Å²) < 4.78 is 10.9. The van der Waals surface area contributed by atoms with Crippen LogP contribution in [0.15, 0.2) is 66.7 Å². The Kier molecular flexibility index (Phi) is 9.42. The SMILES string of the molecule is CCOC(=O)c1[nH]c2ccc(OC)cc2c1C(SCC(=O)N1CCN(c2ccc([N+](=O)[O-])cc2)CC1)c1ccccc1Cl. The number of methoxy groups -OCH3 is 1. The maximum atomic E-state index is 13.5. The van der Waals surface area contributed by atoms with Gasteiger partial charge in [0.15, 0.2) is 0 Å². The first kappa shape index (κ1) is 30.2. The number of amides is 1. The molecule has 5 rings (SSSR count). The Morgan fingerprint density at radius 2 is 1.79 bits per heavy atom. The van der Waals surface area contributed by atoms with E-state index >= 15 is 0 Å². The number of carbonyl (C=O) groups excluding carboxylic acids is 2. The van der Waals surface area contributed by atoms with Crippen molar-refractivity contribution in [2.45, 2.75) is 12.2 Å². The molecule has 1 aromatic heterocycles. The zero-order valence-electron chi connectivity index (χ0n) is 23.7. The van der Waals surface area contributed by atoms with E-state index in [9.17, 15) is 19.7 Å². The van der Waals surface area contributed by atoms with Crippen molar-refractivity contribution in [2.24, 2.45) is 0 Å². The number of benzene rings is 3. The van der Waals surface area contributed by atoms with E-state index in [4.69, 9.17) is 21.1 Å². The molecule has 43 heavy (non-hydrogen) atoms. The van der Waals surface area contributed by atoms with Gasteiger partial charge in [-0.2, -0.15) is 0 Å². The van der Waals surface area contributed by atoms with Gasteiger partial charge in [0, 0.05) is 65.5 Å². The van der Waals surface area contributed by atoms with E-state index in [-0.39, 0.29) is 24.0 Å². The van der Waals surface area contributed by atoms with Crippen LogP contribution >= 0.6 is 23.4 Å². The standard InChI is InChI=1S/C31H31ClN4O6S/c1-3-42-31(38)29-28(24-18-22(41-2)12-13-26(24)33-29)30(23-6-4-5-7-25(23)32)43-19-27(37)35-16-14-34(15-17-35)20-8-10-21(11-9-20)36(39)40/h4-13,18,30,33H,3,14-17,19H2,1-2H3. The van der Waals surface area contributed by atoms with Gasteiger partial charge in [0.05, 0.1) is 29.6 Å². The number of nitro benzene ring substituents is 1. The third-order valence-electron chi connectivity index (χ3n) is 7.41. The molecule has 4 aromatic rings. The van der Waals surface area contributed by atoms with Crippen molar-refractivity contribution in [3.63, 3.8) is 0 Å². The zero-order chi connectivity index (χ0) is 30.5. The lowest BCUT2D eigenvalue weighted by Crippen LogP contribution is -2.49. The van der Waals surface area contributed by atoms with Gasteiger partial charge in [-0.25, -0.2) is 4.79 Å². The van der Waals surface area contributed by atoms with E-state index in [0.717, 1.165) is 22.2 Å². The lowest BCUT2D eigenvalue weighted by Gasteiger charge is -2.36. The van der Waals surface area contributed by atoms with E-state index < -0.39 is 16.1 Å². The van der Waals surface area contributed by atoms with Crippen LogP contribution in [0.1, 0.15) is 33.8 Å². The van der Waals surface area contributed by atoms with Gasteiger partial charge >= 0.3 is 5.97 Å². The highest BCUT2D eigenvalue weighted by Crippen LogP contribution is 2.44. The number of carbonyl (C=O) groups is 2. The van der Waals surface area contributed by atoms with Crippen LogP contribution in [-0.2, 0) is 9.53 Å². The van der Waals surface area contributed by atoms with Gasteiger partial charge in [0.2, 0.25) is 5.91 Å². The summed E-state index contributed by atoms with van der Waals surface area (Å²) in [6.45, 7) is 4.22. The van der Waals surface area contributed by atoms with Gasteiger partial charge < -0.3 is 24.3 Å². The van der Waals surface area contributed by atoms with Crippen LogP contribution < -0.4 is 9.64 Å². The number of aromatic amines is 1. The molecule has 224 valence electrons. The quantitative estimate of drug-likeness (QED) is 0.128. The fourth-order valence-electron chi connectivity index (χ4n) is 5.22. The van der Waals surface area contributed by atoms with Crippen molar-refractivity contribution in [2.75, 3.05) is 50.5 Å². The number of ether oxygens (including phenoxy) is 2. The summed E-state index contributed by atoms with van der Waals surface area (Å²) in [5.74, 6) is 0.277. The second kappa shape index (κ2) is 13.4. The number of aromatic nitrogens is 1. The summed E-state index contributed by atoms with van der Waals surface area (Å²) in [6, 6.07) is 19.4. The predicted octanol–water partition coefficient (Wildman–Crippen LogP) is 6.09. The molecule has 1 atom stereocenters. The Labute approximate surface area is 258 Å². The van der Waals surface area contributed by atoms with Crippen LogP contribution in [0.25, 0.3) is 10.9 Å². The molecule has 12 heteroatoms. The van der Waals surface area contributed by atoms with E-state index in [1.165, 1.54) is 23.9 Å². The van der Waals surface area contributed by atoms with E-state index in [1.807, 2.05) is 41.3 Å². The molecule has 0 radical (unpaired) electrons. The molecule has 1 unspecified atom stereocenters. The number of nitro groups is 1. The van der Waals surface area contributed by atoms with Crippen molar-refractivity contribution >= 4 is 57.5 Å². The second-order valence-corrected chi connectivity index (χ2v) is 11.4. The minimum atomic E-state index is -0.487. The molecule has 0 bridgehead atoms. The molecule has 1 aliphatic rings. The van der Waals surface area contributed by atoms with Crippen molar-refractivity contribution < 1.29 is 24.0 Å². The van der Waals surface area contributed by atoms with Gasteiger partial charge in [-0.15, -0.1) is 11.8 Å². The summed E-state index contributed by atoms with van der Waals surface area (Å²) in [4.78, 5) is 44.4. The normalized spacial score (nSPS) is 14.0. The van der Waals surface area contributed by atoms with Crippen molar-refractivity contribution in [1.29, 1.82) is 0 Å². The van der Waals surface area contributed by atoms with E-state index in [1.54, 1.807) is 32.2 Å². The fourth-order valence-corrected chi connectivity index (χ4v) is 6.81. The Morgan fingerprint density at radius 1 is 1.07 bits per heavy atom. The Morgan fingerprint density at radius 3 is 2.44 bits per heavy atom. The van der Waals surface area contributed by atoms with Gasteiger partial charge in [-0.05, 0) is 48.9 Å². The molecule has 0 spiro atoms. The summed E-state index contributed by atoms with van der Waals surface area (Å²) in [6.07, 6.45) is 0. The molecule has 1 fully saturated rings. The number of non-ortho nitro benzene ring substituents is 1. The van der Waals surface area contributed by atoms with Gasteiger partial charge in [-0.3, -0.25) is 14.9 Å². The van der Waals surface area contributed by atoms with Crippen LogP contribution in [-0.4, -0.2) is 72.3 Å². The lowest BCUT2D eigenvalue weighted by molar-refractivity contribution is -0.384. The number of H-pyrrole nitrogens is 1. The third-order valence-corrected chi connectivity index (χ3v) is 8.99. The summed E-state index contributed by atoms with van der Waals surface area (Å²) >= 11 is 8.11. The molecule has 3 aromatic carbocycles. The second-order valence-electron chi connectivity index (χ2n) is 9.90. The maximum absolute atomic E-state index is 13.5. The Bertz CT molecular complexity index is 1640. The highest BCUT2D eigenvalue weighted by molar-refractivity contribution is 8.00. The molecule has 10 nitrogen and oxygen atoms in total. The molecular formula is C31H31ClN4O6S. The summed E-state index contributed by atoms with van der Waals surface area (Å²) in [5.41, 5.74) is 3.44. The monoisotopic (exact) mass is 622 g/mol.